The smallest absolute Gasteiger partial charge is 0.352 e. The molecular weight excluding hydrogens is 290 g/mol. The van der Waals surface area contributed by atoms with E-state index in [0.717, 1.165) is 34.1 Å². The highest BCUT2D eigenvalue weighted by atomic mass is 19.1. The number of rotatable bonds is 1. The van der Waals surface area contributed by atoms with Crippen LogP contribution in [0.15, 0.2) is 47.3 Å². The monoisotopic (exact) mass is 300 g/mol. The fourth-order valence-corrected chi connectivity index (χ4v) is 2.54. The number of hydrogen-bond donors (Lipinski definition) is 1. The normalized spacial score (nSPS) is 12.5. The van der Waals surface area contributed by atoms with Crippen LogP contribution in [-0.2, 0) is 6.67 Å². The largest absolute Gasteiger partial charge is 0.367 e. The number of anilines is 1. The molecule has 0 saturated heterocycles. The summed E-state index contributed by atoms with van der Waals surface area (Å²) in [5, 5.41) is 7.28. The SMILES string of the molecule is O=c1n(-c2cc(F)ccc2F)nc2n1CNc1ccccc1-2. The van der Waals surface area contributed by atoms with E-state index in [-0.39, 0.29) is 12.4 Å². The second kappa shape index (κ2) is 4.52. The number of fused-ring (bicyclic) bond motifs is 3. The van der Waals surface area contributed by atoms with Crippen LogP contribution in [0.3, 0.4) is 0 Å². The van der Waals surface area contributed by atoms with Gasteiger partial charge in [0, 0.05) is 17.3 Å². The number of benzene rings is 2. The molecule has 2 aromatic carbocycles. The van der Waals surface area contributed by atoms with Gasteiger partial charge in [-0.1, -0.05) is 12.1 Å². The summed E-state index contributed by atoms with van der Waals surface area (Å²) in [4.78, 5) is 12.4. The van der Waals surface area contributed by atoms with Crippen LogP contribution in [0.1, 0.15) is 0 Å². The Hall–Kier alpha value is -2.96. The molecule has 0 amide bonds. The second-order valence-electron chi connectivity index (χ2n) is 4.92. The summed E-state index contributed by atoms with van der Waals surface area (Å²) in [6.07, 6.45) is 0. The molecule has 0 fully saturated rings. The molecule has 0 atom stereocenters. The van der Waals surface area contributed by atoms with Gasteiger partial charge in [-0.05, 0) is 24.3 Å². The number of hydrogen-bond acceptors (Lipinski definition) is 3. The third-order valence-electron chi connectivity index (χ3n) is 3.59. The molecule has 1 aliphatic heterocycles. The lowest BCUT2D eigenvalue weighted by molar-refractivity contribution is 0.582. The Kier molecular flexibility index (Phi) is 2.62. The summed E-state index contributed by atoms with van der Waals surface area (Å²) in [5.74, 6) is -0.920. The molecule has 3 aromatic rings. The third-order valence-corrected chi connectivity index (χ3v) is 3.59. The van der Waals surface area contributed by atoms with E-state index < -0.39 is 17.3 Å². The van der Waals surface area contributed by atoms with Crippen LogP contribution >= 0.6 is 0 Å². The van der Waals surface area contributed by atoms with Crippen molar-refractivity contribution in [3.63, 3.8) is 0 Å². The van der Waals surface area contributed by atoms with E-state index in [1.807, 2.05) is 24.3 Å². The Labute approximate surface area is 123 Å². The first kappa shape index (κ1) is 12.8. The zero-order chi connectivity index (χ0) is 15.3. The minimum absolute atomic E-state index is 0.204. The molecule has 110 valence electrons. The standard InChI is InChI=1S/C15H10F2N4O/c16-9-5-6-11(17)13(7-9)21-15(22)20-8-18-12-4-2-1-3-10(12)14(20)19-21/h1-7,18H,8H2. The van der Waals surface area contributed by atoms with Crippen LogP contribution < -0.4 is 11.0 Å². The summed E-state index contributed by atoms with van der Waals surface area (Å²) >= 11 is 0. The van der Waals surface area contributed by atoms with Crippen molar-refractivity contribution < 1.29 is 8.78 Å². The molecular formula is C15H10F2N4O. The molecule has 2 heterocycles. The van der Waals surface area contributed by atoms with E-state index in [9.17, 15) is 13.6 Å². The fourth-order valence-electron chi connectivity index (χ4n) is 2.54. The van der Waals surface area contributed by atoms with Crippen molar-refractivity contribution in [3.05, 3.63) is 64.6 Å². The third kappa shape index (κ3) is 1.75. The van der Waals surface area contributed by atoms with Gasteiger partial charge in [0.15, 0.2) is 5.82 Å². The lowest BCUT2D eigenvalue weighted by atomic mass is 10.1. The number of para-hydroxylation sites is 1. The summed E-state index contributed by atoms with van der Waals surface area (Å²) < 4.78 is 29.5. The maximum atomic E-state index is 13.9. The van der Waals surface area contributed by atoms with Crippen molar-refractivity contribution in [1.82, 2.24) is 14.3 Å². The van der Waals surface area contributed by atoms with Gasteiger partial charge in [0.05, 0.1) is 6.67 Å². The van der Waals surface area contributed by atoms with E-state index in [2.05, 4.69) is 10.4 Å². The van der Waals surface area contributed by atoms with Gasteiger partial charge in [-0.3, -0.25) is 4.57 Å². The summed E-state index contributed by atoms with van der Waals surface area (Å²) in [5.41, 5.74) is 0.846. The van der Waals surface area contributed by atoms with Crippen molar-refractivity contribution in [2.45, 2.75) is 6.67 Å². The minimum atomic E-state index is -0.708. The van der Waals surface area contributed by atoms with Gasteiger partial charge in [0.25, 0.3) is 0 Å². The Morgan fingerprint density at radius 1 is 1.14 bits per heavy atom. The van der Waals surface area contributed by atoms with Gasteiger partial charge < -0.3 is 5.32 Å². The lowest BCUT2D eigenvalue weighted by Gasteiger charge is -2.17. The Bertz CT molecular complexity index is 945. The molecule has 22 heavy (non-hydrogen) atoms. The maximum Gasteiger partial charge on any atom is 0.352 e. The minimum Gasteiger partial charge on any atom is -0.367 e. The van der Waals surface area contributed by atoms with Crippen molar-refractivity contribution in [1.29, 1.82) is 0 Å². The molecule has 0 unspecified atom stereocenters. The van der Waals surface area contributed by atoms with Gasteiger partial charge >= 0.3 is 5.69 Å². The van der Waals surface area contributed by atoms with E-state index in [4.69, 9.17) is 0 Å². The predicted octanol–water partition coefficient (Wildman–Crippen LogP) is 2.36. The van der Waals surface area contributed by atoms with E-state index in [1.165, 1.54) is 4.57 Å². The van der Waals surface area contributed by atoms with E-state index >= 15 is 0 Å². The molecule has 1 N–H and O–H groups in total. The number of nitrogens with zero attached hydrogens (tertiary/aromatic N) is 3. The van der Waals surface area contributed by atoms with Crippen LogP contribution in [0.5, 0.6) is 0 Å². The fraction of sp³-hybridized carbons (Fsp3) is 0.0667. The Morgan fingerprint density at radius 3 is 2.82 bits per heavy atom. The summed E-state index contributed by atoms with van der Waals surface area (Å²) in [7, 11) is 0. The average molecular weight is 300 g/mol. The Morgan fingerprint density at radius 2 is 1.95 bits per heavy atom. The second-order valence-corrected chi connectivity index (χ2v) is 4.92. The average Bonchev–Trinajstić information content (AvgIpc) is 2.87. The van der Waals surface area contributed by atoms with Gasteiger partial charge in [-0.25, -0.2) is 13.6 Å². The molecule has 0 radical (unpaired) electrons. The zero-order valence-electron chi connectivity index (χ0n) is 11.3. The number of halogens is 2. The van der Waals surface area contributed by atoms with Crippen molar-refractivity contribution >= 4 is 5.69 Å². The van der Waals surface area contributed by atoms with Crippen molar-refractivity contribution in [3.8, 4) is 17.1 Å². The van der Waals surface area contributed by atoms with Gasteiger partial charge in [0.1, 0.15) is 17.3 Å². The first-order chi connectivity index (χ1) is 10.6. The highest BCUT2D eigenvalue weighted by Gasteiger charge is 2.23. The summed E-state index contributed by atoms with van der Waals surface area (Å²) in [6.45, 7) is 0.224. The molecule has 4 rings (SSSR count). The highest BCUT2D eigenvalue weighted by Crippen LogP contribution is 2.29. The Balaban J connectivity index is 1.98. The van der Waals surface area contributed by atoms with Crippen LogP contribution in [0.25, 0.3) is 17.1 Å². The number of aromatic nitrogens is 3. The first-order valence-electron chi connectivity index (χ1n) is 6.64. The molecule has 0 saturated carbocycles. The summed E-state index contributed by atoms with van der Waals surface area (Å²) in [6, 6.07) is 10.3. The highest BCUT2D eigenvalue weighted by molar-refractivity contribution is 5.75. The predicted molar refractivity (Wildman–Crippen MR) is 76.8 cm³/mol. The molecule has 0 spiro atoms. The molecule has 1 aromatic heterocycles. The van der Waals surface area contributed by atoms with Gasteiger partial charge in [-0.15, -0.1) is 5.10 Å². The van der Waals surface area contributed by atoms with Crippen LogP contribution in [0.4, 0.5) is 14.5 Å². The van der Waals surface area contributed by atoms with E-state index in [1.54, 1.807) is 0 Å². The maximum absolute atomic E-state index is 13.9. The van der Waals surface area contributed by atoms with Gasteiger partial charge in [-0.2, -0.15) is 4.68 Å². The molecule has 5 nitrogen and oxygen atoms in total. The number of nitrogens with one attached hydrogen (secondary N) is 1. The lowest BCUT2D eigenvalue weighted by Crippen LogP contribution is -2.28. The topological polar surface area (TPSA) is 51.9 Å². The molecule has 0 aliphatic carbocycles. The van der Waals surface area contributed by atoms with Crippen LogP contribution in [0, 0.1) is 11.6 Å². The van der Waals surface area contributed by atoms with E-state index in [0.29, 0.717) is 5.82 Å². The zero-order valence-corrected chi connectivity index (χ0v) is 11.3. The van der Waals surface area contributed by atoms with Gasteiger partial charge in [0.2, 0.25) is 0 Å². The van der Waals surface area contributed by atoms with Crippen LogP contribution in [0.2, 0.25) is 0 Å². The first-order valence-corrected chi connectivity index (χ1v) is 6.64. The van der Waals surface area contributed by atoms with Crippen molar-refractivity contribution in [2.75, 3.05) is 5.32 Å². The molecule has 1 aliphatic rings. The molecule has 0 bridgehead atoms. The van der Waals surface area contributed by atoms with Crippen LogP contribution in [-0.4, -0.2) is 14.3 Å². The molecule has 7 heteroatoms. The quantitative estimate of drug-likeness (QED) is 0.750. The van der Waals surface area contributed by atoms with Crippen molar-refractivity contribution in [2.24, 2.45) is 0 Å².